The molecule has 0 N–H and O–H groups in total. The van der Waals surface area contributed by atoms with Gasteiger partial charge in [-0.25, -0.2) is 0 Å². The van der Waals surface area contributed by atoms with Crippen LogP contribution in [0, 0.1) is 24.9 Å². The Bertz CT molecular complexity index is 3530. The smallest absolute Gasteiger partial charge is 0.0798 e. The van der Waals surface area contributed by atoms with Gasteiger partial charge in [-0.3, -0.25) is 4.98 Å². The van der Waals surface area contributed by atoms with Gasteiger partial charge in [0, 0.05) is 50.0 Å². The molecule has 0 saturated heterocycles. The number of aryl methyl sites for hydroxylation is 1. The minimum absolute atomic E-state index is 0. The molecule has 7 aromatic carbocycles. The first-order chi connectivity index (χ1) is 34.2. The van der Waals surface area contributed by atoms with Gasteiger partial charge < -0.3 is 14.1 Å². The average Bonchev–Trinajstić information content (AvgIpc) is 3.92. The fraction of sp³-hybridized carbons (Fsp3) is 0.226. The van der Waals surface area contributed by atoms with Crippen molar-refractivity contribution >= 4 is 46.1 Å². The zero-order chi connectivity index (χ0) is 51.3. The number of benzene rings is 7. The Morgan fingerprint density at radius 1 is 0.618 bits per heavy atom. The van der Waals surface area contributed by atoms with Crippen molar-refractivity contribution in [1.82, 2.24) is 19.1 Å². The molecule has 0 aliphatic carbocycles. The molecule has 3 aromatic heterocycles. The van der Waals surface area contributed by atoms with Crippen LogP contribution < -0.4 is 5.19 Å². The van der Waals surface area contributed by atoms with E-state index in [4.69, 9.17) is 11.8 Å². The molecule has 6 heteroatoms. The second-order valence-electron chi connectivity index (χ2n) is 19.4. The molecule has 4 nitrogen and oxygen atoms in total. The fourth-order valence-electron chi connectivity index (χ4n) is 9.16. The van der Waals surface area contributed by atoms with Gasteiger partial charge in [0.1, 0.15) is 0 Å². The summed E-state index contributed by atoms with van der Waals surface area (Å²) in [5.41, 5.74) is 15.1. The molecule has 0 saturated carbocycles. The van der Waals surface area contributed by atoms with Crippen molar-refractivity contribution in [1.29, 1.82) is 0 Å². The summed E-state index contributed by atoms with van der Waals surface area (Å²) in [5, 5.41) is 3.43. The van der Waals surface area contributed by atoms with E-state index < -0.39 is 21.3 Å². The molecule has 0 bridgehead atoms. The van der Waals surface area contributed by atoms with E-state index in [2.05, 4.69) is 207 Å². The first-order valence-corrected chi connectivity index (χ1v) is 27.0. The minimum Gasteiger partial charge on any atom is -0.351 e. The van der Waals surface area contributed by atoms with Crippen LogP contribution in [0.15, 0.2) is 164 Å². The molecule has 10 aromatic rings. The minimum atomic E-state index is -2.16. The molecule has 0 unspecified atom stereocenters. The maximum absolute atomic E-state index is 8.59. The normalized spacial score (nSPS) is 13.2. The topological polar surface area (TPSA) is 35.6 Å². The molecule has 1 radical (unpaired) electrons. The predicted molar refractivity (Wildman–Crippen MR) is 288 cm³/mol. The van der Waals surface area contributed by atoms with Crippen molar-refractivity contribution in [2.24, 2.45) is 5.92 Å². The number of fused-ring (bicyclic) bond motifs is 4. The van der Waals surface area contributed by atoms with Gasteiger partial charge in [0.25, 0.3) is 0 Å². The van der Waals surface area contributed by atoms with Crippen LogP contribution in [-0.4, -0.2) is 27.2 Å². The number of hydrogen-bond acceptors (Lipinski definition) is 2. The maximum Gasteiger partial charge on any atom is 0.0798 e. The molecule has 0 atom stereocenters. The number of aromatic nitrogens is 4. The number of hydrogen-bond donors (Lipinski definition) is 0. The van der Waals surface area contributed by atoms with Gasteiger partial charge in [-0.05, 0) is 111 Å². The molecule has 0 aliphatic rings. The van der Waals surface area contributed by atoms with Crippen LogP contribution in [-0.2, 0) is 26.5 Å². The second-order valence-corrected chi connectivity index (χ2v) is 24.5. The summed E-state index contributed by atoms with van der Waals surface area (Å²) in [6.45, 7) is 17.3. The molecule has 0 aliphatic heterocycles. The van der Waals surface area contributed by atoms with Crippen molar-refractivity contribution < 1.29 is 27.0 Å². The fourth-order valence-corrected chi connectivity index (χ4v) is 10.6. The van der Waals surface area contributed by atoms with Gasteiger partial charge in [-0.2, -0.15) is 0 Å². The van der Waals surface area contributed by atoms with E-state index in [-0.39, 0.29) is 31.6 Å². The van der Waals surface area contributed by atoms with Crippen LogP contribution in [0.5, 0.6) is 0 Å². The van der Waals surface area contributed by atoms with Crippen LogP contribution in [0.25, 0.3) is 78.0 Å². The summed E-state index contributed by atoms with van der Waals surface area (Å²) in [5.74, 6) is 1.35. The number of rotatable bonds is 10. The largest absolute Gasteiger partial charge is 0.351 e. The van der Waals surface area contributed by atoms with Gasteiger partial charge in [0.2, 0.25) is 0 Å². The van der Waals surface area contributed by atoms with Crippen molar-refractivity contribution in [3.8, 4) is 45.1 Å². The van der Waals surface area contributed by atoms with E-state index in [1.807, 2.05) is 19.9 Å². The Hall–Kier alpha value is -6.17. The van der Waals surface area contributed by atoms with Gasteiger partial charge in [0.15, 0.2) is 0 Å². The Balaban J connectivity index is 0.000000226. The van der Waals surface area contributed by atoms with Crippen LogP contribution >= 0.6 is 0 Å². The van der Waals surface area contributed by atoms with Crippen LogP contribution in [0.4, 0.5) is 0 Å². The second kappa shape index (κ2) is 20.2. The van der Waals surface area contributed by atoms with E-state index in [0.29, 0.717) is 28.7 Å². The molecular weight excluding hydrogens is 1020 g/mol. The van der Waals surface area contributed by atoms with Gasteiger partial charge in [-0.1, -0.05) is 164 Å². The van der Waals surface area contributed by atoms with Crippen LogP contribution in [0.2, 0.25) is 19.6 Å². The number of pyridine rings is 1. The molecule has 3 heterocycles. The zero-order valence-corrected chi connectivity index (χ0v) is 43.8. The monoisotopic (exact) mass is 1090 g/mol. The molecule has 345 valence electrons. The third-order valence-electron chi connectivity index (χ3n) is 12.4. The van der Waals surface area contributed by atoms with E-state index >= 15 is 0 Å². The zero-order valence-electron chi connectivity index (χ0n) is 45.4. The summed E-state index contributed by atoms with van der Waals surface area (Å²) in [6.07, 6.45) is 0.328. The Kier molecular flexibility index (Phi) is 12.5. The van der Waals surface area contributed by atoms with Crippen molar-refractivity contribution in [2.45, 2.75) is 86.2 Å². The summed E-state index contributed by atoms with van der Waals surface area (Å²) < 4.78 is 44.3. The number of para-hydroxylation sites is 4. The van der Waals surface area contributed by atoms with E-state index in [1.165, 1.54) is 50.3 Å². The standard InChI is InChI=1S/C43H36N3.C19H26NSi.Ir/c1-28(2)35-26-32(30-15-7-5-8-16-30)27-36(29(3)4)42(35)46-41-22-14-12-20-38(41)44-43(46)31-23-24-40-37(25-31)34-19-11-13-21-39(34)45(40)33-17-9-6-10-18-33;1-14(2)11-17-12-18(16-9-7-15(3)8-10-16)20-13-19(17)21(4,5)6;/h5-22,24-29H,1-4H3;7-9,12-14H,11H2,1-6H3;/q2*-1;/i;3D3,11D2;. The Labute approximate surface area is 425 Å². The predicted octanol–water partition coefficient (Wildman–Crippen LogP) is 16.1. The molecule has 0 amide bonds. The molecular formula is C62H62IrN4Si-2. The molecule has 0 fully saturated rings. The first kappa shape index (κ1) is 42.0. The van der Waals surface area contributed by atoms with Crippen molar-refractivity contribution in [2.75, 3.05) is 0 Å². The number of nitrogens with zero attached hydrogens (tertiary/aromatic N) is 4. The van der Waals surface area contributed by atoms with Crippen LogP contribution in [0.3, 0.4) is 0 Å². The molecule has 0 spiro atoms. The number of imidazole rings is 1. The summed E-state index contributed by atoms with van der Waals surface area (Å²) in [6, 6.07) is 60.9. The van der Waals surface area contributed by atoms with Gasteiger partial charge in [-0.15, -0.1) is 59.2 Å². The van der Waals surface area contributed by atoms with Gasteiger partial charge in [0.05, 0.1) is 24.9 Å². The first-order valence-electron chi connectivity index (χ1n) is 26.0. The molecule has 68 heavy (non-hydrogen) atoms. The van der Waals surface area contributed by atoms with Crippen molar-refractivity contribution in [3.05, 3.63) is 198 Å². The van der Waals surface area contributed by atoms with E-state index in [1.54, 1.807) is 18.3 Å². The Morgan fingerprint density at radius 3 is 1.88 bits per heavy atom. The van der Waals surface area contributed by atoms with Crippen molar-refractivity contribution in [3.63, 3.8) is 0 Å². The third kappa shape index (κ3) is 9.74. The summed E-state index contributed by atoms with van der Waals surface area (Å²) in [4.78, 5) is 9.85. The third-order valence-corrected chi connectivity index (χ3v) is 14.4. The SMILES string of the molecule is CC(C)c1cc(-c2ccccc2)cc(C(C)C)c1-n1c(-c2[c-]cc3c(c2)c2ccccc2n3-c2ccccc2)nc2ccccc21.[2H]C([2H])([2H])c1c[c-]c(-c2cc(C([2H])([2H])C(C)C)c([Si](C)(C)C)cn2)cc1.[Ir]. The summed E-state index contributed by atoms with van der Waals surface area (Å²) in [7, 11) is -1.78. The molecule has 10 rings (SSSR count). The van der Waals surface area contributed by atoms with E-state index in [0.717, 1.165) is 38.8 Å². The summed E-state index contributed by atoms with van der Waals surface area (Å²) >= 11 is 0. The average molecular weight is 1090 g/mol. The van der Waals surface area contributed by atoms with Gasteiger partial charge >= 0.3 is 0 Å². The maximum atomic E-state index is 8.59. The van der Waals surface area contributed by atoms with Crippen LogP contribution in [0.1, 0.15) is 82.5 Å². The Morgan fingerprint density at radius 2 is 1.25 bits per heavy atom. The van der Waals surface area contributed by atoms with E-state index in [9.17, 15) is 0 Å². The quantitative estimate of drug-likeness (QED) is 0.101.